The molecule has 0 bridgehead atoms. The fourth-order valence-electron chi connectivity index (χ4n) is 5.04. The van der Waals surface area contributed by atoms with Crippen LogP contribution in [0.15, 0.2) is 91.0 Å². The van der Waals surface area contributed by atoms with Gasteiger partial charge in [-0.15, -0.1) is 0 Å². The Kier molecular flexibility index (Phi) is 7.10. The number of halogens is 2. The molecule has 0 amide bonds. The molecule has 0 saturated heterocycles. The summed E-state index contributed by atoms with van der Waals surface area (Å²) in [5.74, 6) is -2.00. The number of aromatic carboxylic acids is 1. The molecule has 0 unspecified atom stereocenters. The topological polar surface area (TPSA) is 75.2 Å². The van der Waals surface area contributed by atoms with E-state index >= 15 is 4.39 Å². The number of carbonyl (C=O) groups is 1. The summed E-state index contributed by atoms with van der Waals surface area (Å²) in [6.45, 7) is 3.95. The number of benzene rings is 4. The van der Waals surface area contributed by atoms with Crippen molar-refractivity contribution < 1.29 is 23.4 Å². The molecule has 1 heterocycles. The molecule has 0 aliphatic heterocycles. The van der Waals surface area contributed by atoms with Crippen LogP contribution in [0.3, 0.4) is 0 Å². The number of ether oxygens (including phenoxy) is 1. The van der Waals surface area contributed by atoms with Crippen LogP contribution in [-0.4, -0.2) is 15.6 Å². The maximum atomic E-state index is 15.6. The lowest BCUT2D eigenvalue weighted by atomic mass is 9.81. The van der Waals surface area contributed by atoms with Gasteiger partial charge < -0.3 is 14.4 Å². The number of carboxylic acids is 1. The van der Waals surface area contributed by atoms with Crippen molar-refractivity contribution in [3.63, 3.8) is 0 Å². The van der Waals surface area contributed by atoms with Crippen LogP contribution in [0.5, 0.6) is 5.75 Å². The molecule has 0 fully saturated rings. The molecule has 40 heavy (non-hydrogen) atoms. The van der Waals surface area contributed by atoms with Gasteiger partial charge in [0.05, 0.1) is 22.5 Å². The highest BCUT2D eigenvalue weighted by molar-refractivity contribution is 6.04. The lowest BCUT2D eigenvalue weighted by molar-refractivity contribution is 0.0697. The lowest BCUT2D eigenvalue weighted by Crippen LogP contribution is -2.21. The molecule has 0 atom stereocenters. The van der Waals surface area contributed by atoms with E-state index in [1.807, 2.05) is 48.7 Å². The van der Waals surface area contributed by atoms with E-state index in [0.717, 1.165) is 5.56 Å². The quantitative estimate of drug-likeness (QED) is 0.218. The Bertz CT molecular complexity index is 1730. The van der Waals surface area contributed by atoms with Crippen LogP contribution in [0.1, 0.15) is 41.9 Å². The predicted octanol–water partition coefficient (Wildman–Crippen LogP) is 8.04. The van der Waals surface area contributed by atoms with E-state index in [-0.39, 0.29) is 24.3 Å². The van der Waals surface area contributed by atoms with Crippen molar-refractivity contribution in [3.05, 3.63) is 119 Å². The minimum absolute atomic E-state index is 0.0357. The minimum atomic E-state index is -1.07. The predicted molar refractivity (Wildman–Crippen MR) is 150 cm³/mol. The summed E-state index contributed by atoms with van der Waals surface area (Å²) >= 11 is 0. The largest absolute Gasteiger partial charge is 0.485 e. The summed E-state index contributed by atoms with van der Waals surface area (Å²) in [6, 6.07) is 26.9. The summed E-state index contributed by atoms with van der Waals surface area (Å²) in [7, 11) is 0. The highest BCUT2D eigenvalue weighted by Gasteiger charge is 2.34. The van der Waals surface area contributed by atoms with Crippen molar-refractivity contribution >= 4 is 16.9 Å². The second kappa shape index (κ2) is 10.7. The Morgan fingerprint density at radius 2 is 1.62 bits per heavy atom. The lowest BCUT2D eigenvalue weighted by Gasteiger charge is -2.26. The first-order valence-electron chi connectivity index (χ1n) is 12.7. The summed E-state index contributed by atoms with van der Waals surface area (Å²) in [4.78, 5) is 11.6. The van der Waals surface area contributed by atoms with Crippen LogP contribution < -0.4 is 4.74 Å². The summed E-state index contributed by atoms with van der Waals surface area (Å²) in [6.07, 6.45) is 0.132. The molecule has 1 aromatic heterocycles. The third-order valence-corrected chi connectivity index (χ3v) is 6.93. The maximum absolute atomic E-state index is 15.6. The zero-order chi connectivity index (χ0) is 28.4. The fourth-order valence-corrected chi connectivity index (χ4v) is 5.04. The van der Waals surface area contributed by atoms with Gasteiger partial charge in [0.1, 0.15) is 12.4 Å². The van der Waals surface area contributed by atoms with Crippen molar-refractivity contribution in [1.82, 2.24) is 4.57 Å². The molecule has 4 aromatic carbocycles. The van der Waals surface area contributed by atoms with Crippen molar-refractivity contribution in [2.24, 2.45) is 0 Å². The van der Waals surface area contributed by atoms with Crippen molar-refractivity contribution in [1.29, 1.82) is 5.26 Å². The highest BCUT2D eigenvalue weighted by atomic mass is 19.1. The smallest absolute Gasteiger partial charge is 0.335 e. The van der Waals surface area contributed by atoms with Gasteiger partial charge in [0.2, 0.25) is 0 Å². The van der Waals surface area contributed by atoms with Gasteiger partial charge in [-0.1, -0.05) is 56.3 Å². The van der Waals surface area contributed by atoms with Gasteiger partial charge in [-0.25, -0.2) is 13.6 Å². The van der Waals surface area contributed by atoms with E-state index in [4.69, 9.17) is 4.74 Å². The van der Waals surface area contributed by atoms with Crippen molar-refractivity contribution in [3.8, 4) is 28.6 Å². The standard InChI is InChI=1S/C33H26F2N2O3/c1-33(2,18-19-36)31-28(22-8-10-23(11-9-22)32(38)39)29-27(37(31)25-14-12-24(34)13-15-25)17-16-26(35)30(29)40-20-21-6-4-3-5-7-21/h3-17H,18,20H2,1-2H3,(H,38,39). The zero-order valence-electron chi connectivity index (χ0n) is 22.0. The van der Waals surface area contributed by atoms with E-state index in [9.17, 15) is 19.6 Å². The van der Waals surface area contributed by atoms with Gasteiger partial charge in [-0.2, -0.15) is 5.26 Å². The molecular weight excluding hydrogens is 510 g/mol. The Labute approximate surface area is 230 Å². The third kappa shape index (κ3) is 4.92. The number of fused-ring (bicyclic) bond motifs is 1. The van der Waals surface area contributed by atoms with Crippen LogP contribution in [0.2, 0.25) is 0 Å². The number of hydrogen-bond donors (Lipinski definition) is 1. The number of nitriles is 1. The highest BCUT2D eigenvalue weighted by Crippen LogP contribution is 2.48. The first-order chi connectivity index (χ1) is 19.2. The van der Waals surface area contributed by atoms with E-state index in [1.54, 1.807) is 30.3 Å². The van der Waals surface area contributed by atoms with Crippen LogP contribution in [0, 0.1) is 23.0 Å². The molecule has 0 aliphatic carbocycles. The van der Waals surface area contributed by atoms with Gasteiger partial charge in [0.25, 0.3) is 0 Å². The monoisotopic (exact) mass is 536 g/mol. The Balaban J connectivity index is 1.88. The molecule has 1 N–H and O–H groups in total. The number of carboxylic acid groups (broad SMARTS) is 1. The summed E-state index contributed by atoms with van der Waals surface area (Å²) in [5.41, 5.74) is 3.37. The van der Waals surface area contributed by atoms with Gasteiger partial charge in [0.15, 0.2) is 11.6 Å². The van der Waals surface area contributed by atoms with Gasteiger partial charge in [-0.05, 0) is 59.7 Å². The normalized spacial score (nSPS) is 11.4. The van der Waals surface area contributed by atoms with Crippen molar-refractivity contribution in [2.75, 3.05) is 0 Å². The summed E-state index contributed by atoms with van der Waals surface area (Å²) < 4.78 is 37.6. The molecule has 0 aliphatic rings. The molecule has 5 nitrogen and oxygen atoms in total. The number of nitrogens with zero attached hydrogens (tertiary/aromatic N) is 2. The maximum Gasteiger partial charge on any atom is 0.335 e. The van der Waals surface area contributed by atoms with E-state index in [2.05, 4.69) is 6.07 Å². The first kappa shape index (κ1) is 26.6. The third-order valence-electron chi connectivity index (χ3n) is 6.93. The van der Waals surface area contributed by atoms with Crippen LogP contribution in [-0.2, 0) is 12.0 Å². The number of rotatable bonds is 8. The fraction of sp³-hybridized carbons (Fsp3) is 0.152. The molecule has 0 saturated carbocycles. The Morgan fingerprint density at radius 1 is 0.950 bits per heavy atom. The first-order valence-corrected chi connectivity index (χ1v) is 12.7. The van der Waals surface area contributed by atoms with E-state index < -0.39 is 23.0 Å². The Morgan fingerprint density at radius 3 is 2.25 bits per heavy atom. The number of aromatic nitrogens is 1. The van der Waals surface area contributed by atoms with E-state index in [0.29, 0.717) is 33.4 Å². The molecule has 5 aromatic rings. The second-order valence-corrected chi connectivity index (χ2v) is 10.2. The molecule has 7 heteroatoms. The molecule has 0 spiro atoms. The van der Waals surface area contributed by atoms with Gasteiger partial charge in [-0.3, -0.25) is 0 Å². The Hall–Kier alpha value is -4.96. The SMILES string of the molecule is CC(C)(CC#N)c1c(-c2ccc(C(=O)O)cc2)c2c(OCc3ccccc3)c(F)ccc2n1-c1ccc(F)cc1. The van der Waals surface area contributed by atoms with Crippen LogP contribution in [0.25, 0.3) is 27.7 Å². The van der Waals surface area contributed by atoms with Gasteiger partial charge >= 0.3 is 5.97 Å². The molecule has 0 radical (unpaired) electrons. The van der Waals surface area contributed by atoms with Gasteiger partial charge in [0, 0.05) is 28.8 Å². The van der Waals surface area contributed by atoms with Crippen molar-refractivity contribution in [2.45, 2.75) is 32.3 Å². The molecule has 5 rings (SSSR count). The second-order valence-electron chi connectivity index (χ2n) is 10.2. The zero-order valence-corrected chi connectivity index (χ0v) is 22.0. The minimum Gasteiger partial charge on any atom is -0.485 e. The van der Waals surface area contributed by atoms with Crippen LogP contribution in [0.4, 0.5) is 8.78 Å². The molecular formula is C33H26F2N2O3. The van der Waals surface area contributed by atoms with E-state index in [1.165, 1.54) is 30.3 Å². The summed E-state index contributed by atoms with van der Waals surface area (Å²) in [5, 5.41) is 19.7. The average molecular weight is 537 g/mol. The average Bonchev–Trinajstić information content (AvgIpc) is 3.30. The van der Waals surface area contributed by atoms with Crippen LogP contribution >= 0.6 is 0 Å². The molecule has 200 valence electrons. The number of hydrogen-bond acceptors (Lipinski definition) is 3.